The molecule has 19 heavy (non-hydrogen) atoms. The molecule has 0 saturated heterocycles. The summed E-state index contributed by atoms with van der Waals surface area (Å²) >= 11 is 1.70. The zero-order valence-corrected chi connectivity index (χ0v) is 11.2. The highest BCUT2D eigenvalue weighted by molar-refractivity contribution is 7.22. The first-order valence-electron chi connectivity index (χ1n) is 6.00. The molecule has 0 bridgehead atoms. The van der Waals surface area contributed by atoms with E-state index in [4.69, 9.17) is 4.74 Å². The van der Waals surface area contributed by atoms with Crippen LogP contribution in [-0.4, -0.2) is 5.97 Å². The molecule has 0 spiro atoms. The van der Waals surface area contributed by atoms with Crippen molar-refractivity contribution in [1.29, 1.82) is 0 Å². The van der Waals surface area contributed by atoms with E-state index < -0.39 is 0 Å². The number of esters is 1. The van der Waals surface area contributed by atoms with Crippen LogP contribution in [0.2, 0.25) is 0 Å². The van der Waals surface area contributed by atoms with Gasteiger partial charge in [0.1, 0.15) is 5.75 Å². The Labute approximate surface area is 115 Å². The first-order valence-corrected chi connectivity index (χ1v) is 6.81. The Morgan fingerprint density at radius 2 is 1.84 bits per heavy atom. The summed E-state index contributed by atoms with van der Waals surface area (Å²) in [6.07, 6.45) is 0. The fourth-order valence-electron chi connectivity index (χ4n) is 1.99. The molecule has 0 aliphatic heterocycles. The first kappa shape index (κ1) is 11.9. The maximum Gasteiger partial charge on any atom is 0.308 e. The van der Waals surface area contributed by atoms with Crippen molar-refractivity contribution >= 4 is 27.4 Å². The summed E-state index contributed by atoms with van der Waals surface area (Å²) in [7, 11) is 0. The molecule has 0 saturated carbocycles. The molecule has 1 heterocycles. The van der Waals surface area contributed by atoms with Crippen LogP contribution in [0.1, 0.15) is 6.92 Å². The lowest BCUT2D eigenvalue weighted by molar-refractivity contribution is -0.131. The smallest absolute Gasteiger partial charge is 0.308 e. The lowest BCUT2D eigenvalue weighted by Crippen LogP contribution is -2.00. The highest BCUT2D eigenvalue weighted by Gasteiger charge is 2.06. The largest absolute Gasteiger partial charge is 0.427 e. The van der Waals surface area contributed by atoms with E-state index >= 15 is 0 Å². The Morgan fingerprint density at radius 1 is 1.05 bits per heavy atom. The van der Waals surface area contributed by atoms with Crippen LogP contribution >= 0.6 is 11.3 Å². The van der Waals surface area contributed by atoms with Crippen molar-refractivity contribution in [2.24, 2.45) is 0 Å². The van der Waals surface area contributed by atoms with Gasteiger partial charge in [-0.3, -0.25) is 4.79 Å². The predicted molar refractivity (Wildman–Crippen MR) is 78.6 cm³/mol. The Morgan fingerprint density at radius 3 is 2.58 bits per heavy atom. The van der Waals surface area contributed by atoms with Crippen molar-refractivity contribution in [2.45, 2.75) is 6.92 Å². The molecule has 2 nitrogen and oxygen atoms in total. The number of carbonyl (C=O) groups is 1. The number of fused-ring (bicyclic) bond motifs is 1. The van der Waals surface area contributed by atoms with Gasteiger partial charge in [0.15, 0.2) is 0 Å². The van der Waals surface area contributed by atoms with Gasteiger partial charge < -0.3 is 4.74 Å². The van der Waals surface area contributed by atoms with E-state index in [2.05, 4.69) is 18.2 Å². The first-order chi connectivity index (χ1) is 9.22. The van der Waals surface area contributed by atoms with Gasteiger partial charge in [0, 0.05) is 16.5 Å². The fourth-order valence-corrected chi connectivity index (χ4v) is 3.08. The lowest BCUT2D eigenvalue weighted by Gasteiger charge is -1.99. The Kier molecular flexibility index (Phi) is 3.05. The number of rotatable bonds is 2. The van der Waals surface area contributed by atoms with Gasteiger partial charge in [0.2, 0.25) is 0 Å². The van der Waals surface area contributed by atoms with Gasteiger partial charge in [-0.25, -0.2) is 0 Å². The van der Waals surface area contributed by atoms with Crippen molar-refractivity contribution in [2.75, 3.05) is 0 Å². The summed E-state index contributed by atoms with van der Waals surface area (Å²) in [4.78, 5) is 12.2. The van der Waals surface area contributed by atoms with E-state index in [1.54, 1.807) is 11.3 Å². The van der Waals surface area contributed by atoms with Crippen molar-refractivity contribution in [3.05, 3.63) is 54.6 Å². The minimum atomic E-state index is -0.292. The summed E-state index contributed by atoms with van der Waals surface area (Å²) in [5.74, 6) is 0.306. The SMILES string of the molecule is CC(=O)Oc1ccc2cc(-c3ccccc3)sc2c1. The zero-order chi connectivity index (χ0) is 13.2. The number of thiophene rings is 1. The maximum absolute atomic E-state index is 11.0. The molecule has 0 atom stereocenters. The Balaban J connectivity index is 2.04. The molecular formula is C16H12O2S. The van der Waals surface area contributed by atoms with Crippen molar-refractivity contribution in [3.8, 4) is 16.2 Å². The molecule has 3 heteroatoms. The molecular weight excluding hydrogens is 256 g/mol. The second-order valence-electron chi connectivity index (χ2n) is 4.27. The third-order valence-corrected chi connectivity index (χ3v) is 3.96. The Bertz CT molecular complexity index is 729. The number of carbonyl (C=O) groups excluding carboxylic acids is 1. The standard InChI is InChI=1S/C16H12O2S/c1-11(17)18-14-8-7-13-9-15(19-16(13)10-14)12-5-3-2-4-6-12/h2-10H,1H3. The second-order valence-corrected chi connectivity index (χ2v) is 5.35. The van der Waals surface area contributed by atoms with E-state index in [0.29, 0.717) is 5.75 Å². The molecule has 94 valence electrons. The average Bonchev–Trinajstić information content (AvgIpc) is 2.82. The van der Waals surface area contributed by atoms with Crippen LogP contribution in [0.5, 0.6) is 5.75 Å². The van der Waals surface area contributed by atoms with Crippen LogP contribution in [0.3, 0.4) is 0 Å². The highest BCUT2D eigenvalue weighted by Crippen LogP contribution is 2.35. The van der Waals surface area contributed by atoms with Crippen LogP contribution in [0, 0.1) is 0 Å². The molecule has 3 rings (SSSR count). The quantitative estimate of drug-likeness (QED) is 0.505. The summed E-state index contributed by atoms with van der Waals surface area (Å²) < 4.78 is 6.23. The molecule has 0 radical (unpaired) electrons. The number of hydrogen-bond acceptors (Lipinski definition) is 3. The number of ether oxygens (including phenoxy) is 1. The summed E-state index contributed by atoms with van der Waals surface area (Å²) in [5.41, 5.74) is 1.21. The van der Waals surface area contributed by atoms with E-state index in [1.165, 1.54) is 22.8 Å². The molecule has 1 aromatic heterocycles. The van der Waals surface area contributed by atoms with Crippen LogP contribution in [0.15, 0.2) is 54.6 Å². The molecule has 0 aliphatic rings. The van der Waals surface area contributed by atoms with Gasteiger partial charge in [0.25, 0.3) is 0 Å². The average molecular weight is 268 g/mol. The number of hydrogen-bond donors (Lipinski definition) is 0. The molecule has 0 fully saturated rings. The molecule has 3 aromatic rings. The van der Waals surface area contributed by atoms with Gasteiger partial charge in [0.05, 0.1) is 0 Å². The fraction of sp³-hybridized carbons (Fsp3) is 0.0625. The van der Waals surface area contributed by atoms with Gasteiger partial charge in [-0.15, -0.1) is 11.3 Å². The van der Waals surface area contributed by atoms with Gasteiger partial charge >= 0.3 is 5.97 Å². The third kappa shape index (κ3) is 2.51. The lowest BCUT2D eigenvalue weighted by atomic mass is 10.1. The van der Waals surface area contributed by atoms with E-state index in [9.17, 15) is 4.79 Å². The van der Waals surface area contributed by atoms with E-state index in [0.717, 1.165) is 4.70 Å². The van der Waals surface area contributed by atoms with Crippen LogP contribution in [0.4, 0.5) is 0 Å². The minimum absolute atomic E-state index is 0.292. The highest BCUT2D eigenvalue weighted by atomic mass is 32.1. The number of benzene rings is 2. The summed E-state index contributed by atoms with van der Waals surface area (Å²) in [6, 6.07) is 18.1. The van der Waals surface area contributed by atoms with Gasteiger partial charge in [-0.05, 0) is 35.2 Å². The minimum Gasteiger partial charge on any atom is -0.427 e. The second kappa shape index (κ2) is 4.86. The molecule has 0 aliphatic carbocycles. The molecule has 2 aromatic carbocycles. The van der Waals surface area contributed by atoms with Crippen molar-refractivity contribution < 1.29 is 9.53 Å². The van der Waals surface area contributed by atoms with Gasteiger partial charge in [-0.2, -0.15) is 0 Å². The maximum atomic E-state index is 11.0. The zero-order valence-electron chi connectivity index (χ0n) is 10.4. The van der Waals surface area contributed by atoms with Crippen molar-refractivity contribution in [3.63, 3.8) is 0 Å². The topological polar surface area (TPSA) is 26.3 Å². The summed E-state index contributed by atoms with van der Waals surface area (Å²) in [6.45, 7) is 1.41. The van der Waals surface area contributed by atoms with E-state index in [-0.39, 0.29) is 5.97 Å². The summed E-state index contributed by atoms with van der Waals surface area (Å²) in [5, 5.41) is 1.17. The Hall–Kier alpha value is -2.13. The molecule has 0 unspecified atom stereocenters. The van der Waals surface area contributed by atoms with Gasteiger partial charge in [-0.1, -0.05) is 30.3 Å². The van der Waals surface area contributed by atoms with Crippen molar-refractivity contribution in [1.82, 2.24) is 0 Å². The van der Waals surface area contributed by atoms with Crippen LogP contribution in [0.25, 0.3) is 20.5 Å². The monoisotopic (exact) mass is 268 g/mol. The van der Waals surface area contributed by atoms with E-state index in [1.807, 2.05) is 36.4 Å². The van der Waals surface area contributed by atoms with Crippen LogP contribution < -0.4 is 4.74 Å². The molecule has 0 amide bonds. The normalized spacial score (nSPS) is 10.6. The predicted octanol–water partition coefficient (Wildman–Crippen LogP) is 4.49. The molecule has 0 N–H and O–H groups in total. The third-order valence-electron chi connectivity index (χ3n) is 2.81. The van der Waals surface area contributed by atoms with Crippen LogP contribution in [-0.2, 0) is 4.79 Å².